The average Bonchev–Trinajstić information content (AvgIpc) is 2.79. The van der Waals surface area contributed by atoms with E-state index < -0.39 is 0 Å². The van der Waals surface area contributed by atoms with Gasteiger partial charge in [0.05, 0.1) is 18.8 Å². The number of hydrogen-bond acceptors (Lipinski definition) is 3. The lowest BCUT2D eigenvalue weighted by Crippen LogP contribution is -2.43. The van der Waals surface area contributed by atoms with E-state index in [1.807, 2.05) is 9.58 Å². The van der Waals surface area contributed by atoms with Crippen LogP contribution in [0.3, 0.4) is 0 Å². The number of carbonyl (C=O) groups is 1. The Morgan fingerprint density at radius 1 is 1.28 bits per heavy atom. The second kappa shape index (κ2) is 8.70. The van der Waals surface area contributed by atoms with E-state index in [4.69, 9.17) is 0 Å². The Hall–Kier alpha value is -1.56. The number of aliphatic hydroxyl groups is 1. The largest absolute Gasteiger partial charge is 0.390 e. The molecule has 0 radical (unpaired) electrons. The number of fused-ring (bicyclic) bond motifs is 1. The van der Waals surface area contributed by atoms with E-state index in [0.717, 1.165) is 44.0 Å². The molecule has 2 heterocycles. The molecule has 6 nitrogen and oxygen atoms in total. The number of amides is 2. The van der Waals surface area contributed by atoms with Crippen LogP contribution in [-0.4, -0.2) is 38.9 Å². The van der Waals surface area contributed by atoms with Crippen molar-refractivity contribution in [2.75, 3.05) is 13.1 Å². The summed E-state index contributed by atoms with van der Waals surface area (Å²) < 4.78 is 1.96. The van der Waals surface area contributed by atoms with Gasteiger partial charge in [0.25, 0.3) is 0 Å². The number of aryl methyl sites for hydroxylation is 1. The second-order valence-corrected chi connectivity index (χ2v) is 7.40. The van der Waals surface area contributed by atoms with Crippen LogP contribution in [0.4, 0.5) is 4.79 Å². The molecule has 0 bridgehead atoms. The van der Waals surface area contributed by atoms with Gasteiger partial charge in [-0.2, -0.15) is 5.10 Å². The molecule has 2 amide bonds. The molecule has 1 aromatic rings. The summed E-state index contributed by atoms with van der Waals surface area (Å²) in [6, 6.07) is 0.0208. The molecule has 25 heavy (non-hydrogen) atoms. The van der Waals surface area contributed by atoms with Gasteiger partial charge in [-0.3, -0.25) is 4.68 Å². The van der Waals surface area contributed by atoms with Crippen molar-refractivity contribution in [3.8, 4) is 0 Å². The normalized spacial score (nSPS) is 18.7. The SMILES string of the molecule is CCn1nc(CO)c2c1CCN(C(=O)NCCC1CCCCCC1)C2. The molecule has 0 spiro atoms. The predicted molar refractivity (Wildman–Crippen MR) is 97.1 cm³/mol. The molecule has 1 saturated carbocycles. The zero-order valence-corrected chi connectivity index (χ0v) is 15.5. The summed E-state index contributed by atoms with van der Waals surface area (Å²) in [6.45, 7) is 4.84. The lowest BCUT2D eigenvalue weighted by atomic mass is 9.97. The maximum Gasteiger partial charge on any atom is 0.317 e. The highest BCUT2D eigenvalue weighted by molar-refractivity contribution is 5.74. The van der Waals surface area contributed by atoms with E-state index in [1.54, 1.807) is 0 Å². The van der Waals surface area contributed by atoms with E-state index in [9.17, 15) is 9.90 Å². The van der Waals surface area contributed by atoms with Crippen LogP contribution in [0.25, 0.3) is 0 Å². The molecule has 1 fully saturated rings. The number of hydrogen-bond donors (Lipinski definition) is 2. The van der Waals surface area contributed by atoms with Gasteiger partial charge < -0.3 is 15.3 Å². The van der Waals surface area contributed by atoms with Crippen LogP contribution in [0.1, 0.15) is 68.8 Å². The van der Waals surface area contributed by atoms with Gasteiger partial charge in [-0.1, -0.05) is 38.5 Å². The van der Waals surface area contributed by atoms with Gasteiger partial charge >= 0.3 is 6.03 Å². The maximum atomic E-state index is 12.5. The van der Waals surface area contributed by atoms with Gasteiger partial charge in [0.1, 0.15) is 0 Å². The summed E-state index contributed by atoms with van der Waals surface area (Å²) in [5.41, 5.74) is 2.93. The second-order valence-electron chi connectivity index (χ2n) is 7.40. The zero-order valence-electron chi connectivity index (χ0n) is 15.5. The topological polar surface area (TPSA) is 70.4 Å². The van der Waals surface area contributed by atoms with Crippen LogP contribution in [0, 0.1) is 5.92 Å². The van der Waals surface area contributed by atoms with E-state index in [-0.39, 0.29) is 12.6 Å². The molecular weight excluding hydrogens is 316 g/mol. The fourth-order valence-corrected chi connectivity index (χ4v) is 4.27. The Balaban J connectivity index is 1.51. The number of rotatable bonds is 5. The third kappa shape index (κ3) is 4.35. The lowest BCUT2D eigenvalue weighted by molar-refractivity contribution is 0.190. The Morgan fingerprint density at radius 2 is 2.04 bits per heavy atom. The highest BCUT2D eigenvalue weighted by Crippen LogP contribution is 2.25. The maximum absolute atomic E-state index is 12.5. The molecule has 6 heteroatoms. The van der Waals surface area contributed by atoms with Crippen LogP contribution in [0.15, 0.2) is 0 Å². The lowest BCUT2D eigenvalue weighted by Gasteiger charge is -2.28. The molecule has 1 aliphatic carbocycles. The minimum absolute atomic E-state index is 0.0208. The van der Waals surface area contributed by atoms with Crippen molar-refractivity contribution < 1.29 is 9.90 Å². The number of nitrogens with one attached hydrogen (secondary N) is 1. The molecule has 1 aromatic heterocycles. The van der Waals surface area contributed by atoms with Crippen molar-refractivity contribution in [3.63, 3.8) is 0 Å². The first kappa shape index (κ1) is 18.2. The van der Waals surface area contributed by atoms with E-state index >= 15 is 0 Å². The molecule has 2 N–H and O–H groups in total. The Labute approximate surface area is 150 Å². The van der Waals surface area contributed by atoms with Gasteiger partial charge in [0.2, 0.25) is 0 Å². The smallest absolute Gasteiger partial charge is 0.317 e. The average molecular weight is 348 g/mol. The first-order valence-corrected chi connectivity index (χ1v) is 9.94. The summed E-state index contributed by atoms with van der Waals surface area (Å²) in [5, 5.41) is 17.1. The van der Waals surface area contributed by atoms with Crippen LogP contribution in [-0.2, 0) is 26.1 Å². The number of urea groups is 1. The van der Waals surface area contributed by atoms with Crippen molar-refractivity contribution >= 4 is 6.03 Å². The highest BCUT2D eigenvalue weighted by atomic mass is 16.3. The molecular formula is C19H32N4O2. The molecule has 0 unspecified atom stereocenters. The third-order valence-corrected chi connectivity index (χ3v) is 5.76. The van der Waals surface area contributed by atoms with Crippen molar-refractivity contribution in [3.05, 3.63) is 17.0 Å². The van der Waals surface area contributed by atoms with Gasteiger partial charge in [0.15, 0.2) is 0 Å². The van der Waals surface area contributed by atoms with E-state index in [0.29, 0.717) is 12.2 Å². The van der Waals surface area contributed by atoms with Gasteiger partial charge in [-0.05, 0) is 19.3 Å². The molecule has 140 valence electrons. The summed E-state index contributed by atoms with van der Waals surface area (Å²) in [7, 11) is 0. The summed E-state index contributed by atoms with van der Waals surface area (Å²) >= 11 is 0. The van der Waals surface area contributed by atoms with E-state index in [1.165, 1.54) is 44.2 Å². The van der Waals surface area contributed by atoms with Gasteiger partial charge in [-0.15, -0.1) is 0 Å². The molecule has 2 aliphatic rings. The van der Waals surface area contributed by atoms with Crippen molar-refractivity contribution in [1.29, 1.82) is 0 Å². The number of aliphatic hydroxyl groups excluding tert-OH is 1. The van der Waals surface area contributed by atoms with E-state index in [2.05, 4.69) is 17.3 Å². The van der Waals surface area contributed by atoms with Crippen molar-refractivity contribution in [2.45, 2.75) is 78.0 Å². The number of nitrogens with zero attached hydrogens (tertiary/aromatic N) is 3. The van der Waals surface area contributed by atoms with Gasteiger partial charge in [0, 0.05) is 37.3 Å². The first-order chi connectivity index (χ1) is 12.2. The molecule has 0 aromatic carbocycles. The first-order valence-electron chi connectivity index (χ1n) is 9.94. The monoisotopic (exact) mass is 348 g/mol. The minimum Gasteiger partial charge on any atom is -0.390 e. The fourth-order valence-electron chi connectivity index (χ4n) is 4.27. The van der Waals surface area contributed by atoms with Crippen LogP contribution in [0.2, 0.25) is 0 Å². The molecule has 0 atom stereocenters. The van der Waals surface area contributed by atoms with Crippen LogP contribution < -0.4 is 5.32 Å². The molecule has 3 rings (SSSR count). The zero-order chi connectivity index (χ0) is 17.6. The summed E-state index contributed by atoms with van der Waals surface area (Å²) in [4.78, 5) is 14.4. The van der Waals surface area contributed by atoms with Crippen molar-refractivity contribution in [2.24, 2.45) is 5.92 Å². The quantitative estimate of drug-likeness (QED) is 0.804. The fraction of sp³-hybridized carbons (Fsp3) is 0.789. The summed E-state index contributed by atoms with van der Waals surface area (Å²) in [6.07, 6.45) is 9.98. The molecule has 1 aliphatic heterocycles. The van der Waals surface area contributed by atoms with Crippen molar-refractivity contribution in [1.82, 2.24) is 20.0 Å². The van der Waals surface area contributed by atoms with Gasteiger partial charge in [-0.25, -0.2) is 4.79 Å². The van der Waals surface area contributed by atoms with Crippen LogP contribution in [0.5, 0.6) is 0 Å². The number of carbonyl (C=O) groups excluding carboxylic acids is 1. The predicted octanol–water partition coefficient (Wildman–Crippen LogP) is 2.82. The Bertz CT molecular complexity index is 576. The molecule has 0 saturated heterocycles. The minimum atomic E-state index is -0.0630. The third-order valence-electron chi connectivity index (χ3n) is 5.76. The standard InChI is InChI=1S/C19H32N4O2/c1-2-23-18-10-12-22(13-16(18)17(14-24)21-23)19(25)20-11-9-15-7-5-3-4-6-8-15/h15,24H,2-14H2,1H3,(H,20,25). The summed E-state index contributed by atoms with van der Waals surface area (Å²) in [5.74, 6) is 0.777. The highest BCUT2D eigenvalue weighted by Gasteiger charge is 2.26. The Kier molecular flexibility index (Phi) is 6.34. The number of aromatic nitrogens is 2. The van der Waals surface area contributed by atoms with Crippen LogP contribution >= 0.6 is 0 Å². The Morgan fingerprint density at radius 3 is 2.72 bits per heavy atom.